The quantitative estimate of drug-likeness (QED) is 0.735. The van der Waals surface area contributed by atoms with Crippen LogP contribution in [0.5, 0.6) is 0 Å². The van der Waals surface area contributed by atoms with E-state index in [9.17, 15) is 0 Å². The van der Waals surface area contributed by atoms with Crippen molar-refractivity contribution in [2.45, 2.75) is 39.7 Å². The standard InChI is InChI=1S/C8H16N4/c1-3-5-6-12-8(9)10-7(4-2)11-12/h3-6H2,1-2H3,(H2,9,10,11). The van der Waals surface area contributed by atoms with Crippen LogP contribution >= 0.6 is 0 Å². The summed E-state index contributed by atoms with van der Waals surface area (Å²) in [7, 11) is 0. The molecule has 0 unspecified atom stereocenters. The first-order valence-electron chi connectivity index (χ1n) is 4.47. The van der Waals surface area contributed by atoms with Crippen molar-refractivity contribution in [1.82, 2.24) is 14.8 Å². The fourth-order valence-corrected chi connectivity index (χ4v) is 1.03. The van der Waals surface area contributed by atoms with Crippen LogP contribution in [0.25, 0.3) is 0 Å². The van der Waals surface area contributed by atoms with Gasteiger partial charge in [-0.1, -0.05) is 20.3 Å². The molecule has 1 heterocycles. The monoisotopic (exact) mass is 168 g/mol. The van der Waals surface area contributed by atoms with Gasteiger partial charge >= 0.3 is 0 Å². The molecule has 0 aromatic carbocycles. The van der Waals surface area contributed by atoms with E-state index in [1.165, 1.54) is 0 Å². The number of unbranched alkanes of at least 4 members (excludes halogenated alkanes) is 1. The van der Waals surface area contributed by atoms with Gasteiger partial charge in [0.25, 0.3) is 0 Å². The highest BCUT2D eigenvalue weighted by atomic mass is 15.4. The molecule has 0 aliphatic carbocycles. The number of hydrogen-bond donors (Lipinski definition) is 1. The predicted molar refractivity (Wildman–Crippen MR) is 48.7 cm³/mol. The lowest BCUT2D eigenvalue weighted by Crippen LogP contribution is -2.04. The number of anilines is 1. The summed E-state index contributed by atoms with van der Waals surface area (Å²) in [6, 6.07) is 0. The van der Waals surface area contributed by atoms with Gasteiger partial charge in [-0.2, -0.15) is 10.1 Å². The van der Waals surface area contributed by atoms with Gasteiger partial charge in [0.2, 0.25) is 5.95 Å². The Hall–Kier alpha value is -1.06. The Morgan fingerprint density at radius 2 is 2.17 bits per heavy atom. The smallest absolute Gasteiger partial charge is 0.218 e. The van der Waals surface area contributed by atoms with Gasteiger partial charge in [0.15, 0.2) is 5.82 Å². The Kier molecular flexibility index (Phi) is 3.08. The molecular formula is C8H16N4. The second-order valence-electron chi connectivity index (χ2n) is 2.82. The zero-order valence-electron chi connectivity index (χ0n) is 7.75. The number of aromatic nitrogens is 3. The second-order valence-corrected chi connectivity index (χ2v) is 2.82. The molecule has 0 radical (unpaired) electrons. The molecule has 0 saturated heterocycles. The predicted octanol–water partition coefficient (Wildman–Crippen LogP) is 1.22. The minimum absolute atomic E-state index is 0.542. The van der Waals surface area contributed by atoms with E-state index in [-0.39, 0.29) is 0 Å². The topological polar surface area (TPSA) is 56.7 Å². The SMILES string of the molecule is CCCCn1nc(CC)nc1N. The van der Waals surface area contributed by atoms with E-state index in [4.69, 9.17) is 5.73 Å². The van der Waals surface area contributed by atoms with Gasteiger partial charge in [0.1, 0.15) is 0 Å². The van der Waals surface area contributed by atoms with Crippen LogP contribution in [0.15, 0.2) is 0 Å². The van der Waals surface area contributed by atoms with Crippen molar-refractivity contribution < 1.29 is 0 Å². The molecule has 0 saturated carbocycles. The Morgan fingerprint density at radius 3 is 2.67 bits per heavy atom. The highest BCUT2D eigenvalue weighted by molar-refractivity contribution is 5.15. The normalized spacial score (nSPS) is 10.5. The molecule has 1 aromatic heterocycles. The summed E-state index contributed by atoms with van der Waals surface area (Å²) in [6.45, 7) is 5.06. The lowest BCUT2D eigenvalue weighted by molar-refractivity contribution is 0.573. The molecule has 0 spiro atoms. The van der Waals surface area contributed by atoms with Crippen LogP contribution in [0.4, 0.5) is 5.95 Å². The molecule has 4 nitrogen and oxygen atoms in total. The van der Waals surface area contributed by atoms with Gasteiger partial charge in [-0.3, -0.25) is 0 Å². The van der Waals surface area contributed by atoms with Gasteiger partial charge in [-0.15, -0.1) is 0 Å². The third-order valence-corrected chi connectivity index (χ3v) is 1.78. The minimum atomic E-state index is 0.542. The van der Waals surface area contributed by atoms with E-state index in [1.54, 1.807) is 4.68 Å². The Morgan fingerprint density at radius 1 is 1.42 bits per heavy atom. The zero-order valence-corrected chi connectivity index (χ0v) is 7.75. The van der Waals surface area contributed by atoms with Crippen LogP contribution in [0, 0.1) is 0 Å². The van der Waals surface area contributed by atoms with E-state index >= 15 is 0 Å². The maximum Gasteiger partial charge on any atom is 0.218 e. The maximum atomic E-state index is 5.65. The van der Waals surface area contributed by atoms with E-state index in [0.29, 0.717) is 5.95 Å². The zero-order chi connectivity index (χ0) is 8.97. The van der Waals surface area contributed by atoms with Crippen LogP contribution in [-0.4, -0.2) is 14.8 Å². The van der Waals surface area contributed by atoms with Crippen molar-refractivity contribution >= 4 is 5.95 Å². The average Bonchev–Trinajstić information content (AvgIpc) is 2.43. The second kappa shape index (κ2) is 4.09. The van der Waals surface area contributed by atoms with Crippen LogP contribution in [0.3, 0.4) is 0 Å². The number of nitrogens with two attached hydrogens (primary N) is 1. The summed E-state index contributed by atoms with van der Waals surface area (Å²) in [4.78, 5) is 4.11. The minimum Gasteiger partial charge on any atom is -0.368 e. The van der Waals surface area contributed by atoms with Crippen LogP contribution < -0.4 is 5.73 Å². The number of aryl methyl sites for hydroxylation is 2. The van der Waals surface area contributed by atoms with Crippen molar-refractivity contribution in [2.75, 3.05) is 5.73 Å². The molecule has 0 amide bonds. The van der Waals surface area contributed by atoms with Crippen LogP contribution in [0.1, 0.15) is 32.5 Å². The summed E-state index contributed by atoms with van der Waals surface area (Å²) < 4.78 is 1.78. The van der Waals surface area contributed by atoms with E-state index in [2.05, 4.69) is 17.0 Å². The van der Waals surface area contributed by atoms with Crippen molar-refractivity contribution in [2.24, 2.45) is 0 Å². The van der Waals surface area contributed by atoms with Crippen molar-refractivity contribution in [3.63, 3.8) is 0 Å². The van der Waals surface area contributed by atoms with Crippen LogP contribution in [0.2, 0.25) is 0 Å². The molecule has 0 bridgehead atoms. The molecule has 0 atom stereocenters. The van der Waals surface area contributed by atoms with E-state index < -0.39 is 0 Å². The summed E-state index contributed by atoms with van der Waals surface area (Å²) in [5, 5.41) is 4.25. The maximum absolute atomic E-state index is 5.65. The number of hydrogen-bond acceptors (Lipinski definition) is 3. The largest absolute Gasteiger partial charge is 0.368 e. The molecule has 1 rings (SSSR count). The third-order valence-electron chi connectivity index (χ3n) is 1.78. The Labute approximate surface area is 72.8 Å². The summed E-state index contributed by atoms with van der Waals surface area (Å²) in [6.07, 6.45) is 3.11. The van der Waals surface area contributed by atoms with Gasteiger partial charge in [0, 0.05) is 13.0 Å². The molecule has 0 aliphatic rings. The summed E-state index contributed by atoms with van der Waals surface area (Å²) in [5.74, 6) is 1.38. The first-order valence-corrected chi connectivity index (χ1v) is 4.47. The van der Waals surface area contributed by atoms with E-state index in [0.717, 1.165) is 31.6 Å². The number of nitrogens with zero attached hydrogens (tertiary/aromatic N) is 3. The molecule has 1 aromatic rings. The molecule has 0 aliphatic heterocycles. The van der Waals surface area contributed by atoms with Gasteiger partial charge in [-0.25, -0.2) is 4.68 Å². The fraction of sp³-hybridized carbons (Fsp3) is 0.750. The lowest BCUT2D eigenvalue weighted by Gasteiger charge is -1.98. The molecule has 2 N–H and O–H groups in total. The third kappa shape index (κ3) is 1.96. The van der Waals surface area contributed by atoms with Gasteiger partial charge in [0.05, 0.1) is 0 Å². The first kappa shape index (κ1) is 9.03. The van der Waals surface area contributed by atoms with Crippen molar-refractivity contribution in [3.05, 3.63) is 5.82 Å². The van der Waals surface area contributed by atoms with Crippen molar-refractivity contribution in [3.8, 4) is 0 Å². The van der Waals surface area contributed by atoms with E-state index in [1.807, 2.05) is 6.92 Å². The number of rotatable bonds is 4. The summed E-state index contributed by atoms with van der Waals surface area (Å²) >= 11 is 0. The van der Waals surface area contributed by atoms with Gasteiger partial charge < -0.3 is 5.73 Å². The molecule has 4 heteroatoms. The molecule has 68 valence electrons. The molecule has 0 fully saturated rings. The lowest BCUT2D eigenvalue weighted by atomic mass is 10.3. The van der Waals surface area contributed by atoms with Crippen molar-refractivity contribution in [1.29, 1.82) is 0 Å². The molecule has 12 heavy (non-hydrogen) atoms. The first-order chi connectivity index (χ1) is 5.77. The van der Waals surface area contributed by atoms with Crippen LogP contribution in [-0.2, 0) is 13.0 Å². The molecular weight excluding hydrogens is 152 g/mol. The summed E-state index contributed by atoms with van der Waals surface area (Å²) in [5.41, 5.74) is 5.65. The van der Waals surface area contributed by atoms with Gasteiger partial charge in [-0.05, 0) is 6.42 Å². The highest BCUT2D eigenvalue weighted by Crippen LogP contribution is 2.02. The number of nitrogen functional groups attached to an aromatic ring is 1. The Bertz CT molecular complexity index is 241. The highest BCUT2D eigenvalue weighted by Gasteiger charge is 2.03. The Balaban J connectivity index is 2.64. The fourth-order valence-electron chi connectivity index (χ4n) is 1.03. The average molecular weight is 168 g/mol.